The van der Waals surface area contributed by atoms with Crippen molar-refractivity contribution in [3.8, 4) is 0 Å². The molecule has 0 unspecified atom stereocenters. The van der Waals surface area contributed by atoms with E-state index in [1.807, 2.05) is 6.92 Å². The third-order valence-electron chi connectivity index (χ3n) is 3.41. The van der Waals surface area contributed by atoms with Crippen LogP contribution in [0.2, 0.25) is 0 Å². The first kappa shape index (κ1) is 17.9. The monoisotopic (exact) mass is 317 g/mol. The molecule has 0 bridgehead atoms. The van der Waals surface area contributed by atoms with Gasteiger partial charge in [0, 0.05) is 19.6 Å². The van der Waals surface area contributed by atoms with Crippen LogP contribution in [0, 0.1) is 0 Å². The molecule has 120 valence electrons. The number of piperidine rings is 1. The van der Waals surface area contributed by atoms with Gasteiger partial charge in [-0.15, -0.1) is 12.4 Å². The molecule has 0 radical (unpaired) electrons. The highest BCUT2D eigenvalue weighted by Gasteiger charge is 2.21. The molecule has 1 aliphatic heterocycles. The third kappa shape index (κ3) is 5.26. The first-order valence-electron chi connectivity index (χ1n) is 7.20. The van der Waals surface area contributed by atoms with E-state index in [0.29, 0.717) is 31.5 Å². The molecular weight excluding hydrogens is 294 g/mol. The first-order chi connectivity index (χ1) is 9.70. The predicted molar refractivity (Wildman–Crippen MR) is 82.8 cm³/mol. The molecule has 0 saturated carbocycles. The van der Waals surface area contributed by atoms with Gasteiger partial charge in [0.2, 0.25) is 11.9 Å². The second-order valence-electron chi connectivity index (χ2n) is 4.94. The van der Waals surface area contributed by atoms with Crippen molar-refractivity contribution in [2.75, 3.05) is 31.6 Å². The fourth-order valence-corrected chi connectivity index (χ4v) is 2.26. The molecule has 0 atom stereocenters. The molecule has 21 heavy (non-hydrogen) atoms. The Balaban J connectivity index is 0.00000220. The minimum Gasteiger partial charge on any atom is -0.381 e. The zero-order valence-electron chi connectivity index (χ0n) is 12.6. The molecule has 1 amide bonds. The summed E-state index contributed by atoms with van der Waals surface area (Å²) >= 11 is 0. The molecule has 0 aromatic carbocycles. The van der Waals surface area contributed by atoms with E-state index in [-0.39, 0.29) is 18.3 Å². The molecule has 1 fully saturated rings. The van der Waals surface area contributed by atoms with Crippen molar-refractivity contribution >= 4 is 24.3 Å². The van der Waals surface area contributed by atoms with Gasteiger partial charge in [0.15, 0.2) is 5.82 Å². The van der Waals surface area contributed by atoms with E-state index < -0.39 is 0 Å². The normalized spacial score (nSPS) is 15.5. The van der Waals surface area contributed by atoms with Gasteiger partial charge >= 0.3 is 0 Å². The van der Waals surface area contributed by atoms with Crippen molar-refractivity contribution in [2.24, 2.45) is 7.05 Å². The molecule has 2 N–H and O–H groups in total. The van der Waals surface area contributed by atoms with Crippen molar-refractivity contribution in [1.29, 1.82) is 0 Å². The van der Waals surface area contributed by atoms with Crippen LogP contribution >= 0.6 is 12.4 Å². The molecule has 8 heteroatoms. The Morgan fingerprint density at radius 2 is 2.19 bits per heavy atom. The lowest BCUT2D eigenvalue weighted by Gasteiger charge is -2.19. The summed E-state index contributed by atoms with van der Waals surface area (Å²) in [4.78, 5) is 16.2. The number of hydrogen-bond donors (Lipinski definition) is 2. The average molecular weight is 318 g/mol. The zero-order chi connectivity index (χ0) is 14.4. The van der Waals surface area contributed by atoms with Crippen LogP contribution in [0.1, 0.15) is 37.9 Å². The van der Waals surface area contributed by atoms with E-state index in [0.717, 1.165) is 31.8 Å². The van der Waals surface area contributed by atoms with Crippen LogP contribution in [0.25, 0.3) is 0 Å². The van der Waals surface area contributed by atoms with Crippen LogP contribution < -0.4 is 10.6 Å². The number of rotatable bonds is 6. The maximum Gasteiger partial charge on any atom is 0.229 e. The highest BCUT2D eigenvalue weighted by Crippen LogP contribution is 2.23. The largest absolute Gasteiger partial charge is 0.381 e. The lowest BCUT2D eigenvalue weighted by Crippen LogP contribution is -2.27. The van der Waals surface area contributed by atoms with Crippen molar-refractivity contribution in [1.82, 2.24) is 20.1 Å². The van der Waals surface area contributed by atoms with Crippen LogP contribution in [0.4, 0.5) is 5.95 Å². The van der Waals surface area contributed by atoms with Crippen LogP contribution in [0.3, 0.4) is 0 Å². The number of aromatic nitrogens is 3. The van der Waals surface area contributed by atoms with E-state index in [4.69, 9.17) is 4.74 Å². The van der Waals surface area contributed by atoms with Gasteiger partial charge in [0.05, 0.1) is 13.0 Å². The summed E-state index contributed by atoms with van der Waals surface area (Å²) in [5.41, 5.74) is 0. The summed E-state index contributed by atoms with van der Waals surface area (Å²) < 4.78 is 6.80. The van der Waals surface area contributed by atoms with Crippen LogP contribution in [0.5, 0.6) is 0 Å². The number of amides is 1. The van der Waals surface area contributed by atoms with Crippen LogP contribution in [0.15, 0.2) is 0 Å². The number of anilines is 1. The van der Waals surface area contributed by atoms with Gasteiger partial charge < -0.3 is 10.1 Å². The maximum atomic E-state index is 11.7. The number of hydrogen-bond acceptors (Lipinski definition) is 5. The van der Waals surface area contributed by atoms with Gasteiger partial charge in [-0.05, 0) is 32.9 Å². The molecule has 1 saturated heterocycles. The quantitative estimate of drug-likeness (QED) is 0.767. The number of ether oxygens (including phenoxy) is 1. The number of nitrogens with zero attached hydrogens (tertiary/aromatic N) is 3. The van der Waals surface area contributed by atoms with Crippen molar-refractivity contribution in [3.63, 3.8) is 0 Å². The van der Waals surface area contributed by atoms with E-state index in [9.17, 15) is 4.79 Å². The number of nitrogens with one attached hydrogen (secondary N) is 2. The Morgan fingerprint density at radius 1 is 1.48 bits per heavy atom. The SMILES string of the molecule is CCOCCC(=O)Nc1nc(C2CCNCC2)nn1C.Cl. The molecule has 2 heterocycles. The summed E-state index contributed by atoms with van der Waals surface area (Å²) in [7, 11) is 1.80. The summed E-state index contributed by atoms with van der Waals surface area (Å²) in [5.74, 6) is 1.64. The third-order valence-corrected chi connectivity index (χ3v) is 3.41. The van der Waals surface area contributed by atoms with Gasteiger partial charge in [-0.1, -0.05) is 0 Å². The van der Waals surface area contributed by atoms with E-state index in [2.05, 4.69) is 20.7 Å². The fraction of sp³-hybridized carbons (Fsp3) is 0.769. The van der Waals surface area contributed by atoms with Crippen LogP contribution in [-0.2, 0) is 16.6 Å². The van der Waals surface area contributed by atoms with Crippen molar-refractivity contribution in [3.05, 3.63) is 5.82 Å². The predicted octanol–water partition coefficient (Wildman–Crippen LogP) is 1.07. The lowest BCUT2D eigenvalue weighted by atomic mass is 9.98. The molecule has 1 aliphatic rings. The van der Waals surface area contributed by atoms with E-state index >= 15 is 0 Å². The van der Waals surface area contributed by atoms with Gasteiger partial charge in [-0.2, -0.15) is 10.1 Å². The Labute approximate surface area is 131 Å². The Bertz CT molecular complexity index is 446. The Morgan fingerprint density at radius 3 is 2.86 bits per heavy atom. The van der Waals surface area contributed by atoms with Gasteiger partial charge in [-0.3, -0.25) is 10.1 Å². The van der Waals surface area contributed by atoms with Gasteiger partial charge in [-0.25, -0.2) is 4.68 Å². The molecule has 1 aromatic rings. The minimum atomic E-state index is -0.0918. The molecule has 1 aromatic heterocycles. The second kappa shape index (κ2) is 8.96. The standard InChI is InChI=1S/C13H23N5O2.ClH/c1-3-20-9-6-11(19)15-13-16-12(17-18(13)2)10-4-7-14-8-5-10;/h10,14H,3-9H2,1-2H3,(H,15,16,17,19);1H. The minimum absolute atomic E-state index is 0. The molecule has 2 rings (SSSR count). The zero-order valence-corrected chi connectivity index (χ0v) is 13.4. The maximum absolute atomic E-state index is 11.7. The number of aryl methyl sites for hydroxylation is 1. The topological polar surface area (TPSA) is 81.1 Å². The lowest BCUT2D eigenvalue weighted by molar-refractivity contribution is -0.117. The van der Waals surface area contributed by atoms with Crippen molar-refractivity contribution in [2.45, 2.75) is 32.1 Å². The molecular formula is C13H24ClN5O2. The highest BCUT2D eigenvalue weighted by atomic mass is 35.5. The van der Waals surface area contributed by atoms with Gasteiger partial charge in [0.25, 0.3) is 0 Å². The molecule has 0 spiro atoms. The first-order valence-corrected chi connectivity index (χ1v) is 7.20. The van der Waals surface area contributed by atoms with E-state index in [1.54, 1.807) is 11.7 Å². The van der Waals surface area contributed by atoms with Crippen molar-refractivity contribution < 1.29 is 9.53 Å². The Hall–Kier alpha value is -1.18. The van der Waals surface area contributed by atoms with Crippen LogP contribution in [-0.4, -0.2) is 47.0 Å². The number of carbonyl (C=O) groups excluding carboxylic acids is 1. The summed E-state index contributed by atoms with van der Waals surface area (Å²) in [6.45, 7) is 4.96. The summed E-state index contributed by atoms with van der Waals surface area (Å²) in [6.07, 6.45) is 2.42. The Kier molecular flexibility index (Phi) is 7.63. The number of halogens is 1. The molecule has 0 aliphatic carbocycles. The van der Waals surface area contributed by atoms with Gasteiger partial charge in [0.1, 0.15) is 0 Å². The summed E-state index contributed by atoms with van der Waals surface area (Å²) in [5, 5.41) is 10.5. The summed E-state index contributed by atoms with van der Waals surface area (Å²) in [6, 6.07) is 0. The highest BCUT2D eigenvalue weighted by molar-refractivity contribution is 5.89. The molecule has 7 nitrogen and oxygen atoms in total. The number of carbonyl (C=O) groups is 1. The van der Waals surface area contributed by atoms with E-state index in [1.165, 1.54) is 0 Å². The average Bonchev–Trinajstić information content (AvgIpc) is 2.81. The second-order valence-corrected chi connectivity index (χ2v) is 4.94. The fourth-order valence-electron chi connectivity index (χ4n) is 2.26. The smallest absolute Gasteiger partial charge is 0.229 e.